The van der Waals surface area contributed by atoms with Crippen LogP contribution in [0.3, 0.4) is 0 Å². The van der Waals surface area contributed by atoms with Gasteiger partial charge >= 0.3 is 5.97 Å². The van der Waals surface area contributed by atoms with Gasteiger partial charge in [0.2, 0.25) is 0 Å². The van der Waals surface area contributed by atoms with Crippen LogP contribution in [0.4, 0.5) is 14.5 Å². The predicted octanol–water partition coefficient (Wildman–Crippen LogP) is 2.89. The first-order chi connectivity index (χ1) is 11.8. The van der Waals surface area contributed by atoms with Gasteiger partial charge in [-0.2, -0.15) is 0 Å². The second-order valence-electron chi connectivity index (χ2n) is 5.08. The molecule has 5 nitrogen and oxygen atoms in total. The lowest BCUT2D eigenvalue weighted by Gasteiger charge is -2.15. The molecule has 0 radical (unpaired) electrons. The zero-order valence-corrected chi connectivity index (χ0v) is 14.2. The van der Waals surface area contributed by atoms with Gasteiger partial charge in [0, 0.05) is 6.26 Å². The zero-order chi connectivity index (χ0) is 18.6. The first kappa shape index (κ1) is 18.7. The highest BCUT2D eigenvalue weighted by molar-refractivity contribution is 7.84. The molecular weight excluding hydrogens is 352 g/mol. The van der Waals surface area contributed by atoms with E-state index in [0.717, 1.165) is 18.2 Å². The molecule has 2 atom stereocenters. The number of carbonyl (C=O) groups is 2. The van der Waals surface area contributed by atoms with E-state index in [-0.39, 0.29) is 10.5 Å². The summed E-state index contributed by atoms with van der Waals surface area (Å²) < 4.78 is 43.8. The number of anilines is 1. The molecule has 0 saturated heterocycles. The Morgan fingerprint density at radius 2 is 1.68 bits per heavy atom. The van der Waals surface area contributed by atoms with Gasteiger partial charge in [0.25, 0.3) is 5.91 Å². The van der Waals surface area contributed by atoms with Crippen molar-refractivity contribution in [1.29, 1.82) is 0 Å². The molecule has 0 aromatic heterocycles. The molecule has 0 aliphatic carbocycles. The molecule has 0 heterocycles. The van der Waals surface area contributed by atoms with Crippen LogP contribution in [0.1, 0.15) is 17.3 Å². The Balaban J connectivity index is 2.11. The quantitative estimate of drug-likeness (QED) is 0.825. The van der Waals surface area contributed by atoms with E-state index in [0.29, 0.717) is 0 Å². The Morgan fingerprint density at radius 1 is 1.08 bits per heavy atom. The highest BCUT2D eigenvalue weighted by Gasteiger charge is 2.23. The highest BCUT2D eigenvalue weighted by atomic mass is 32.2. The number of hydrogen-bond acceptors (Lipinski definition) is 4. The van der Waals surface area contributed by atoms with Gasteiger partial charge in [-0.1, -0.05) is 18.2 Å². The topological polar surface area (TPSA) is 72.5 Å². The number of para-hydroxylation sites is 1. The van der Waals surface area contributed by atoms with Crippen LogP contribution in [0.2, 0.25) is 0 Å². The van der Waals surface area contributed by atoms with Crippen LogP contribution < -0.4 is 5.32 Å². The first-order valence-electron chi connectivity index (χ1n) is 7.19. The van der Waals surface area contributed by atoms with Crippen molar-refractivity contribution >= 4 is 28.4 Å². The molecular formula is C17H15F2NO4S. The maximum atomic E-state index is 13.5. The zero-order valence-electron chi connectivity index (χ0n) is 13.4. The van der Waals surface area contributed by atoms with Crippen LogP contribution in [-0.2, 0) is 20.3 Å². The highest BCUT2D eigenvalue weighted by Crippen LogP contribution is 2.19. The molecule has 1 N–H and O–H groups in total. The average Bonchev–Trinajstić information content (AvgIpc) is 2.57. The fourth-order valence-electron chi connectivity index (χ4n) is 2.01. The molecule has 0 aliphatic heterocycles. The van der Waals surface area contributed by atoms with Gasteiger partial charge in [-0.25, -0.2) is 13.6 Å². The molecule has 1 amide bonds. The molecule has 8 heteroatoms. The van der Waals surface area contributed by atoms with Crippen LogP contribution in [0.5, 0.6) is 0 Å². The van der Waals surface area contributed by atoms with Crippen LogP contribution in [0, 0.1) is 11.6 Å². The standard InChI is InChI=1S/C17H15F2NO4S/c1-10(16(21)20-15-12(18)7-5-8-13(15)19)24-17(22)11-6-3-4-9-14(11)25(2)23/h3-10H,1-2H3,(H,20,21)/t10-,25-/m1/s1. The van der Waals surface area contributed by atoms with E-state index < -0.39 is 46.1 Å². The largest absolute Gasteiger partial charge is 0.449 e. The molecule has 0 bridgehead atoms. The number of ether oxygens (including phenoxy) is 1. The molecule has 0 aliphatic rings. The first-order valence-corrected chi connectivity index (χ1v) is 8.75. The summed E-state index contributed by atoms with van der Waals surface area (Å²) in [5, 5.41) is 2.05. The summed E-state index contributed by atoms with van der Waals surface area (Å²) in [7, 11) is -1.42. The van der Waals surface area contributed by atoms with Gasteiger partial charge in [0.1, 0.15) is 17.3 Å². The number of esters is 1. The lowest BCUT2D eigenvalue weighted by atomic mass is 10.2. The Morgan fingerprint density at radius 3 is 2.28 bits per heavy atom. The summed E-state index contributed by atoms with van der Waals surface area (Å²) in [6.07, 6.45) is 0.0910. The molecule has 0 saturated carbocycles. The second kappa shape index (κ2) is 7.98. The SMILES string of the molecule is C[C@@H](OC(=O)c1ccccc1[S@@](C)=O)C(=O)Nc1c(F)cccc1F. The Hall–Kier alpha value is -2.61. The molecule has 0 spiro atoms. The minimum atomic E-state index is -1.42. The van der Waals surface area contributed by atoms with Gasteiger partial charge in [0.05, 0.1) is 21.3 Å². The Labute approximate surface area is 145 Å². The van der Waals surface area contributed by atoms with Crippen molar-refractivity contribution in [2.75, 3.05) is 11.6 Å². The average molecular weight is 367 g/mol. The molecule has 2 aromatic carbocycles. The summed E-state index contributed by atoms with van der Waals surface area (Å²) in [5.74, 6) is -3.65. The van der Waals surface area contributed by atoms with Gasteiger partial charge in [0.15, 0.2) is 6.10 Å². The van der Waals surface area contributed by atoms with Crippen LogP contribution in [0.15, 0.2) is 47.4 Å². The number of nitrogens with one attached hydrogen (secondary N) is 1. The van der Waals surface area contributed by atoms with E-state index in [1.54, 1.807) is 12.1 Å². The van der Waals surface area contributed by atoms with Crippen molar-refractivity contribution in [1.82, 2.24) is 0 Å². The minimum absolute atomic E-state index is 0.0556. The number of halogens is 2. The van der Waals surface area contributed by atoms with Crippen molar-refractivity contribution in [2.24, 2.45) is 0 Å². The predicted molar refractivity (Wildman–Crippen MR) is 88.6 cm³/mol. The second-order valence-corrected chi connectivity index (χ2v) is 6.43. The summed E-state index contributed by atoms with van der Waals surface area (Å²) in [6, 6.07) is 9.24. The summed E-state index contributed by atoms with van der Waals surface area (Å²) in [5.41, 5.74) is -0.564. The molecule has 0 unspecified atom stereocenters. The van der Waals surface area contributed by atoms with Crippen LogP contribution >= 0.6 is 0 Å². The normalized spacial score (nSPS) is 13.0. The van der Waals surface area contributed by atoms with Crippen molar-refractivity contribution in [3.63, 3.8) is 0 Å². The summed E-state index contributed by atoms with van der Waals surface area (Å²) >= 11 is 0. The van der Waals surface area contributed by atoms with E-state index in [2.05, 4.69) is 0 Å². The lowest BCUT2D eigenvalue weighted by Crippen LogP contribution is -2.31. The van der Waals surface area contributed by atoms with E-state index in [9.17, 15) is 22.6 Å². The Kier molecular flexibility index (Phi) is 5.97. The molecule has 2 aromatic rings. The van der Waals surface area contributed by atoms with E-state index in [1.165, 1.54) is 25.3 Å². The van der Waals surface area contributed by atoms with Gasteiger partial charge in [-0.05, 0) is 31.2 Å². The minimum Gasteiger partial charge on any atom is -0.449 e. The fraction of sp³-hybridized carbons (Fsp3) is 0.176. The van der Waals surface area contributed by atoms with Gasteiger partial charge in [-0.3, -0.25) is 9.00 Å². The third-order valence-electron chi connectivity index (χ3n) is 3.28. The van der Waals surface area contributed by atoms with Crippen molar-refractivity contribution in [2.45, 2.75) is 17.9 Å². The Bertz CT molecular complexity index is 821. The third-order valence-corrected chi connectivity index (χ3v) is 4.26. The summed E-state index contributed by atoms with van der Waals surface area (Å²) in [6.45, 7) is 1.26. The van der Waals surface area contributed by atoms with Crippen molar-refractivity contribution in [3.8, 4) is 0 Å². The number of benzene rings is 2. The smallest absolute Gasteiger partial charge is 0.340 e. The molecule has 25 heavy (non-hydrogen) atoms. The maximum absolute atomic E-state index is 13.5. The van der Waals surface area contributed by atoms with Gasteiger partial charge < -0.3 is 10.1 Å². The number of carbonyl (C=O) groups excluding carboxylic acids is 2. The van der Waals surface area contributed by atoms with E-state index in [1.807, 2.05) is 5.32 Å². The molecule has 132 valence electrons. The van der Waals surface area contributed by atoms with Crippen molar-refractivity contribution < 1.29 is 27.3 Å². The fourth-order valence-corrected chi connectivity index (χ4v) is 2.74. The van der Waals surface area contributed by atoms with Crippen LogP contribution in [0.25, 0.3) is 0 Å². The molecule has 0 fully saturated rings. The van der Waals surface area contributed by atoms with E-state index >= 15 is 0 Å². The number of hydrogen-bond donors (Lipinski definition) is 1. The number of rotatable bonds is 5. The number of amides is 1. The van der Waals surface area contributed by atoms with Gasteiger partial charge in [-0.15, -0.1) is 0 Å². The van der Waals surface area contributed by atoms with Crippen molar-refractivity contribution in [3.05, 3.63) is 59.7 Å². The van der Waals surface area contributed by atoms with E-state index in [4.69, 9.17) is 4.74 Å². The van der Waals surface area contributed by atoms with Crippen LogP contribution in [-0.4, -0.2) is 28.4 Å². The maximum Gasteiger partial charge on any atom is 0.340 e. The third kappa shape index (κ3) is 4.48. The summed E-state index contributed by atoms with van der Waals surface area (Å²) in [4.78, 5) is 24.5. The monoisotopic (exact) mass is 367 g/mol. The lowest BCUT2D eigenvalue weighted by molar-refractivity contribution is -0.123. The molecule has 2 rings (SSSR count).